The van der Waals surface area contributed by atoms with Crippen LogP contribution in [0.15, 0.2) is 42.5 Å². The van der Waals surface area contributed by atoms with Crippen LogP contribution in [0.4, 0.5) is 11.4 Å². The number of aryl methyl sites for hydroxylation is 1. The van der Waals surface area contributed by atoms with Crippen LogP contribution in [-0.2, 0) is 14.8 Å². The number of benzene rings is 2. The standard InChI is InChI=1S/C19H22N2O5S/c1-14-4-3-5-16(12-14)21(27(2,23)24)9-8-19(22)20-15-6-7-17-18(13-15)26-11-10-25-17/h3-7,12-13H,8-11H2,1-2H3,(H,20,22). The average molecular weight is 390 g/mol. The molecule has 0 fully saturated rings. The van der Waals surface area contributed by atoms with Crippen molar-refractivity contribution in [1.29, 1.82) is 0 Å². The molecule has 0 saturated heterocycles. The van der Waals surface area contributed by atoms with Crippen molar-refractivity contribution < 1.29 is 22.7 Å². The van der Waals surface area contributed by atoms with Crippen LogP contribution >= 0.6 is 0 Å². The van der Waals surface area contributed by atoms with E-state index in [1.165, 1.54) is 4.31 Å². The first kappa shape index (κ1) is 19.0. The minimum Gasteiger partial charge on any atom is -0.486 e. The van der Waals surface area contributed by atoms with E-state index in [-0.39, 0.29) is 18.9 Å². The number of carbonyl (C=O) groups excluding carboxylic acids is 1. The molecule has 1 aliphatic heterocycles. The summed E-state index contributed by atoms with van der Waals surface area (Å²) in [5.41, 5.74) is 2.07. The predicted molar refractivity (Wildman–Crippen MR) is 104 cm³/mol. The highest BCUT2D eigenvalue weighted by Crippen LogP contribution is 2.32. The van der Waals surface area contributed by atoms with Crippen molar-refractivity contribution in [2.24, 2.45) is 0 Å². The van der Waals surface area contributed by atoms with Gasteiger partial charge in [-0.25, -0.2) is 8.42 Å². The molecule has 0 bridgehead atoms. The van der Waals surface area contributed by atoms with E-state index < -0.39 is 10.0 Å². The number of nitrogens with zero attached hydrogens (tertiary/aromatic N) is 1. The topological polar surface area (TPSA) is 84.9 Å². The highest BCUT2D eigenvalue weighted by Gasteiger charge is 2.19. The van der Waals surface area contributed by atoms with Gasteiger partial charge < -0.3 is 14.8 Å². The Morgan fingerprint density at radius 1 is 1.11 bits per heavy atom. The van der Waals surface area contributed by atoms with Crippen molar-refractivity contribution in [1.82, 2.24) is 0 Å². The van der Waals surface area contributed by atoms with E-state index in [9.17, 15) is 13.2 Å². The summed E-state index contributed by atoms with van der Waals surface area (Å²) in [6.07, 6.45) is 1.16. The molecule has 27 heavy (non-hydrogen) atoms. The summed E-state index contributed by atoms with van der Waals surface area (Å²) in [5, 5.41) is 2.77. The zero-order valence-electron chi connectivity index (χ0n) is 15.3. The zero-order valence-corrected chi connectivity index (χ0v) is 16.1. The molecule has 8 heteroatoms. The largest absolute Gasteiger partial charge is 0.486 e. The minimum absolute atomic E-state index is 0.0233. The van der Waals surface area contributed by atoms with E-state index in [2.05, 4.69) is 5.32 Å². The predicted octanol–water partition coefficient (Wildman–Crippen LogP) is 2.56. The normalized spacial score (nSPS) is 13.1. The molecule has 1 amide bonds. The molecule has 7 nitrogen and oxygen atoms in total. The fourth-order valence-corrected chi connectivity index (χ4v) is 3.74. The maximum Gasteiger partial charge on any atom is 0.232 e. The highest BCUT2D eigenvalue weighted by molar-refractivity contribution is 7.92. The summed E-state index contributed by atoms with van der Waals surface area (Å²) in [4.78, 5) is 12.3. The second-order valence-corrected chi connectivity index (χ2v) is 8.24. The summed E-state index contributed by atoms with van der Waals surface area (Å²) in [6, 6.07) is 12.3. The third kappa shape index (κ3) is 4.91. The molecular weight excluding hydrogens is 368 g/mol. The van der Waals surface area contributed by atoms with Gasteiger partial charge in [-0.1, -0.05) is 12.1 Å². The van der Waals surface area contributed by atoms with Crippen molar-refractivity contribution in [3.63, 3.8) is 0 Å². The van der Waals surface area contributed by atoms with E-state index >= 15 is 0 Å². The van der Waals surface area contributed by atoms with Crippen LogP contribution in [0.25, 0.3) is 0 Å². The Labute approximate surface area is 158 Å². The molecule has 2 aromatic rings. The molecule has 0 aromatic heterocycles. The maximum atomic E-state index is 12.3. The van der Waals surface area contributed by atoms with Crippen LogP contribution in [0.5, 0.6) is 11.5 Å². The Morgan fingerprint density at radius 3 is 2.56 bits per heavy atom. The summed E-state index contributed by atoms with van der Waals surface area (Å²) >= 11 is 0. The monoisotopic (exact) mass is 390 g/mol. The van der Waals surface area contributed by atoms with Crippen LogP contribution in [0, 0.1) is 6.92 Å². The quantitative estimate of drug-likeness (QED) is 0.819. The fourth-order valence-electron chi connectivity index (χ4n) is 2.82. The molecule has 144 valence electrons. The summed E-state index contributed by atoms with van der Waals surface area (Å²) in [6.45, 7) is 2.90. The number of rotatable bonds is 6. The van der Waals surface area contributed by atoms with Crippen molar-refractivity contribution >= 4 is 27.3 Å². The Balaban J connectivity index is 1.66. The number of hydrogen-bond donors (Lipinski definition) is 1. The number of fused-ring (bicyclic) bond motifs is 1. The van der Waals surface area contributed by atoms with Crippen LogP contribution in [0.1, 0.15) is 12.0 Å². The first-order chi connectivity index (χ1) is 12.8. The van der Waals surface area contributed by atoms with Gasteiger partial charge in [0.2, 0.25) is 15.9 Å². The molecule has 0 spiro atoms. The second kappa shape index (κ2) is 7.87. The van der Waals surface area contributed by atoms with Gasteiger partial charge in [-0.3, -0.25) is 9.10 Å². The van der Waals surface area contributed by atoms with E-state index in [0.29, 0.717) is 36.1 Å². The summed E-state index contributed by atoms with van der Waals surface area (Å²) < 4.78 is 36.5. The molecule has 1 aliphatic rings. The fraction of sp³-hybridized carbons (Fsp3) is 0.316. The molecule has 0 aliphatic carbocycles. The molecule has 0 unspecified atom stereocenters. The third-order valence-corrected chi connectivity index (χ3v) is 5.25. The number of carbonyl (C=O) groups is 1. The van der Waals surface area contributed by atoms with Crippen LogP contribution in [-0.4, -0.2) is 40.3 Å². The molecule has 2 aromatic carbocycles. The number of anilines is 2. The van der Waals surface area contributed by atoms with E-state index in [1.807, 2.05) is 13.0 Å². The van der Waals surface area contributed by atoms with Gasteiger partial charge in [0.1, 0.15) is 13.2 Å². The number of ether oxygens (including phenoxy) is 2. The SMILES string of the molecule is Cc1cccc(N(CCC(=O)Nc2ccc3c(c2)OCCO3)S(C)(=O)=O)c1. The van der Waals surface area contributed by atoms with Crippen LogP contribution in [0.2, 0.25) is 0 Å². The lowest BCUT2D eigenvalue weighted by Gasteiger charge is -2.22. The Morgan fingerprint density at radius 2 is 1.85 bits per heavy atom. The van der Waals surface area contributed by atoms with Gasteiger partial charge in [-0.05, 0) is 36.8 Å². The highest BCUT2D eigenvalue weighted by atomic mass is 32.2. The number of sulfonamides is 1. The van der Waals surface area contributed by atoms with Crippen LogP contribution in [0.3, 0.4) is 0 Å². The molecule has 0 atom stereocenters. The zero-order chi connectivity index (χ0) is 19.4. The summed E-state index contributed by atoms with van der Waals surface area (Å²) in [7, 11) is -3.50. The molecule has 0 radical (unpaired) electrons. The number of hydrogen-bond acceptors (Lipinski definition) is 5. The number of nitrogens with one attached hydrogen (secondary N) is 1. The van der Waals surface area contributed by atoms with Gasteiger partial charge in [-0.2, -0.15) is 0 Å². The van der Waals surface area contributed by atoms with Gasteiger partial charge in [-0.15, -0.1) is 0 Å². The molecule has 0 saturated carbocycles. The Kier molecular flexibility index (Phi) is 5.55. The smallest absolute Gasteiger partial charge is 0.232 e. The third-order valence-electron chi connectivity index (χ3n) is 4.06. The molecule has 1 N–H and O–H groups in total. The first-order valence-corrected chi connectivity index (χ1v) is 10.4. The number of amides is 1. The van der Waals surface area contributed by atoms with Crippen molar-refractivity contribution in [2.45, 2.75) is 13.3 Å². The van der Waals surface area contributed by atoms with Gasteiger partial charge in [0, 0.05) is 24.7 Å². The lowest BCUT2D eigenvalue weighted by atomic mass is 10.2. The van der Waals surface area contributed by atoms with Gasteiger partial charge in [0.25, 0.3) is 0 Å². The van der Waals surface area contributed by atoms with Crippen LogP contribution < -0.4 is 19.1 Å². The van der Waals surface area contributed by atoms with Gasteiger partial charge in [0.05, 0.1) is 11.9 Å². The maximum absolute atomic E-state index is 12.3. The molecular formula is C19H22N2O5S. The molecule has 1 heterocycles. The van der Waals surface area contributed by atoms with Gasteiger partial charge >= 0.3 is 0 Å². The first-order valence-electron chi connectivity index (χ1n) is 8.57. The second-order valence-electron chi connectivity index (χ2n) is 6.33. The average Bonchev–Trinajstić information content (AvgIpc) is 2.61. The van der Waals surface area contributed by atoms with Crippen molar-refractivity contribution in [2.75, 3.05) is 35.6 Å². The lowest BCUT2D eigenvalue weighted by Crippen LogP contribution is -2.33. The minimum atomic E-state index is -3.50. The Hall–Kier alpha value is -2.74. The van der Waals surface area contributed by atoms with Crippen molar-refractivity contribution in [3.05, 3.63) is 48.0 Å². The van der Waals surface area contributed by atoms with E-state index in [1.54, 1.807) is 36.4 Å². The molecule has 3 rings (SSSR count). The van der Waals surface area contributed by atoms with Crippen molar-refractivity contribution in [3.8, 4) is 11.5 Å². The summed E-state index contributed by atoms with van der Waals surface area (Å²) in [5.74, 6) is 0.937. The van der Waals surface area contributed by atoms with E-state index in [0.717, 1.165) is 11.8 Å². The lowest BCUT2D eigenvalue weighted by molar-refractivity contribution is -0.116. The van der Waals surface area contributed by atoms with E-state index in [4.69, 9.17) is 9.47 Å². The Bertz CT molecular complexity index is 943. The van der Waals surface area contributed by atoms with Gasteiger partial charge in [0.15, 0.2) is 11.5 Å².